The summed E-state index contributed by atoms with van der Waals surface area (Å²) in [6.45, 7) is 9.43. The van der Waals surface area contributed by atoms with Crippen LogP contribution in [0.3, 0.4) is 0 Å². The summed E-state index contributed by atoms with van der Waals surface area (Å²) in [4.78, 5) is 19.2. The molecule has 3 rings (SSSR count). The molecule has 0 bridgehead atoms. The van der Waals surface area contributed by atoms with E-state index in [9.17, 15) is 9.18 Å². The van der Waals surface area contributed by atoms with Gasteiger partial charge in [-0.05, 0) is 55.2 Å². The van der Waals surface area contributed by atoms with Gasteiger partial charge in [-0.15, -0.1) is 11.3 Å². The summed E-state index contributed by atoms with van der Waals surface area (Å²) in [5.74, 6) is 0.248. The molecule has 1 aromatic heterocycles. The van der Waals surface area contributed by atoms with Gasteiger partial charge in [0.05, 0.1) is 17.8 Å². The molecule has 2 aromatic carbocycles. The Morgan fingerprint density at radius 2 is 1.93 bits per heavy atom. The maximum absolute atomic E-state index is 14.1. The largest absolute Gasteiger partial charge is 0.486 e. The number of carbonyl (C=O) groups excluding carboxylic acids is 1. The van der Waals surface area contributed by atoms with Gasteiger partial charge in [-0.3, -0.25) is 4.79 Å². The first-order chi connectivity index (χ1) is 14.3. The highest BCUT2D eigenvalue weighted by Crippen LogP contribution is 2.20. The van der Waals surface area contributed by atoms with Crippen molar-refractivity contribution in [3.05, 3.63) is 81.1 Å². The van der Waals surface area contributed by atoms with E-state index >= 15 is 0 Å². The van der Waals surface area contributed by atoms with Crippen LogP contribution >= 0.6 is 11.3 Å². The van der Waals surface area contributed by atoms with Crippen LogP contribution in [0.5, 0.6) is 5.75 Å². The number of benzene rings is 2. The molecule has 0 aliphatic rings. The molecule has 30 heavy (non-hydrogen) atoms. The van der Waals surface area contributed by atoms with Crippen LogP contribution < -0.4 is 4.74 Å². The second kappa shape index (κ2) is 9.85. The number of halogens is 1. The summed E-state index contributed by atoms with van der Waals surface area (Å²) < 4.78 is 20.0. The third-order valence-corrected chi connectivity index (χ3v) is 5.64. The Morgan fingerprint density at radius 1 is 1.17 bits per heavy atom. The molecule has 0 aliphatic carbocycles. The lowest BCUT2D eigenvalue weighted by Gasteiger charge is -2.24. The smallest absolute Gasteiger partial charge is 0.257 e. The number of carbonyl (C=O) groups is 1. The average molecular weight is 427 g/mol. The van der Waals surface area contributed by atoms with Gasteiger partial charge in [-0.1, -0.05) is 32.0 Å². The molecule has 158 valence electrons. The van der Waals surface area contributed by atoms with E-state index in [4.69, 9.17) is 4.74 Å². The minimum absolute atomic E-state index is 0.0895. The Balaban J connectivity index is 1.68. The van der Waals surface area contributed by atoms with Gasteiger partial charge < -0.3 is 9.64 Å². The van der Waals surface area contributed by atoms with Crippen molar-refractivity contribution in [1.29, 1.82) is 0 Å². The van der Waals surface area contributed by atoms with Crippen molar-refractivity contribution in [3.63, 3.8) is 0 Å². The molecule has 1 heterocycles. The number of amides is 1. The lowest BCUT2D eigenvalue weighted by molar-refractivity contribution is 0.0716. The number of hydrogen-bond acceptors (Lipinski definition) is 4. The van der Waals surface area contributed by atoms with Gasteiger partial charge in [0.2, 0.25) is 0 Å². The predicted octanol–water partition coefficient (Wildman–Crippen LogP) is 5.78. The van der Waals surface area contributed by atoms with E-state index in [1.165, 1.54) is 34.6 Å². The summed E-state index contributed by atoms with van der Waals surface area (Å²) in [7, 11) is 0. The molecule has 6 heteroatoms. The summed E-state index contributed by atoms with van der Waals surface area (Å²) in [5, 5.41) is 2.77. The molecule has 4 nitrogen and oxygen atoms in total. The van der Waals surface area contributed by atoms with Gasteiger partial charge in [0, 0.05) is 11.9 Å². The predicted molar refractivity (Wildman–Crippen MR) is 118 cm³/mol. The number of rotatable bonds is 8. The summed E-state index contributed by atoms with van der Waals surface area (Å²) in [6, 6.07) is 12.1. The SMILES string of the molecule is Cc1ccc(OCc2nc(CN(CC(C)C)C(=O)c3ccccc3F)cs2)cc1C. The van der Waals surface area contributed by atoms with Gasteiger partial charge in [0.15, 0.2) is 0 Å². The van der Waals surface area contributed by atoms with Crippen molar-refractivity contribution < 1.29 is 13.9 Å². The average Bonchev–Trinajstić information content (AvgIpc) is 3.15. The monoisotopic (exact) mass is 426 g/mol. The van der Waals surface area contributed by atoms with E-state index in [0.717, 1.165) is 16.5 Å². The van der Waals surface area contributed by atoms with Crippen LogP contribution in [0.15, 0.2) is 47.8 Å². The molecule has 0 spiro atoms. The minimum atomic E-state index is -0.503. The molecule has 1 amide bonds. The number of thiazole rings is 1. The van der Waals surface area contributed by atoms with Gasteiger partial charge in [-0.25, -0.2) is 9.37 Å². The second-order valence-electron chi connectivity index (χ2n) is 7.83. The van der Waals surface area contributed by atoms with Crippen LogP contribution in [0.2, 0.25) is 0 Å². The molecule has 0 aliphatic heterocycles. The molecule has 0 unspecified atom stereocenters. The van der Waals surface area contributed by atoms with E-state index in [1.54, 1.807) is 17.0 Å². The van der Waals surface area contributed by atoms with Gasteiger partial charge in [-0.2, -0.15) is 0 Å². The molecule has 0 saturated heterocycles. The third kappa shape index (κ3) is 5.66. The highest BCUT2D eigenvalue weighted by Gasteiger charge is 2.21. The molecule has 0 saturated carbocycles. The fourth-order valence-corrected chi connectivity index (χ4v) is 3.79. The zero-order valence-electron chi connectivity index (χ0n) is 17.8. The Labute approximate surface area is 181 Å². The maximum atomic E-state index is 14.1. The standard InChI is InChI=1S/C24H27FN2O2S/c1-16(2)12-27(24(28)21-7-5-6-8-22(21)25)13-19-15-30-23(26-19)14-29-20-10-9-17(3)18(4)11-20/h5-11,15-16H,12-14H2,1-4H3. The molecular weight excluding hydrogens is 399 g/mol. The highest BCUT2D eigenvalue weighted by atomic mass is 32.1. The van der Waals surface area contributed by atoms with Crippen LogP contribution in [0.1, 0.15) is 46.0 Å². The fraction of sp³-hybridized carbons (Fsp3) is 0.333. The normalized spacial score (nSPS) is 11.0. The first kappa shape index (κ1) is 22.0. The quantitative estimate of drug-likeness (QED) is 0.459. The third-order valence-electron chi connectivity index (χ3n) is 4.77. The lowest BCUT2D eigenvalue weighted by Crippen LogP contribution is -2.34. The van der Waals surface area contributed by atoms with Crippen molar-refractivity contribution in [2.75, 3.05) is 6.54 Å². The number of hydrogen-bond donors (Lipinski definition) is 0. The summed E-state index contributed by atoms with van der Waals surface area (Å²) in [5.41, 5.74) is 3.28. The van der Waals surface area contributed by atoms with Gasteiger partial charge >= 0.3 is 0 Å². The first-order valence-corrected chi connectivity index (χ1v) is 10.9. The van der Waals surface area contributed by atoms with Crippen molar-refractivity contribution in [3.8, 4) is 5.75 Å². The molecule has 3 aromatic rings. The highest BCUT2D eigenvalue weighted by molar-refractivity contribution is 7.09. The van der Waals surface area contributed by atoms with Crippen molar-refractivity contribution in [1.82, 2.24) is 9.88 Å². The van der Waals surface area contributed by atoms with Gasteiger partial charge in [0.25, 0.3) is 5.91 Å². The molecule has 0 radical (unpaired) electrons. The molecule has 0 atom stereocenters. The van der Waals surface area contributed by atoms with E-state index in [0.29, 0.717) is 19.7 Å². The van der Waals surface area contributed by atoms with Crippen molar-refractivity contribution in [2.45, 2.75) is 40.8 Å². The summed E-state index contributed by atoms with van der Waals surface area (Å²) in [6.07, 6.45) is 0. The van der Waals surface area contributed by atoms with Crippen molar-refractivity contribution in [2.24, 2.45) is 5.92 Å². The number of ether oxygens (including phenoxy) is 1. The maximum Gasteiger partial charge on any atom is 0.257 e. The summed E-state index contributed by atoms with van der Waals surface area (Å²) >= 11 is 1.50. The molecule has 0 N–H and O–H groups in total. The number of aromatic nitrogens is 1. The van der Waals surface area contributed by atoms with Crippen LogP contribution in [0.4, 0.5) is 4.39 Å². The first-order valence-electron chi connectivity index (χ1n) is 10.0. The van der Waals surface area contributed by atoms with Crippen LogP contribution in [-0.4, -0.2) is 22.3 Å². The second-order valence-corrected chi connectivity index (χ2v) is 8.77. The fourth-order valence-electron chi connectivity index (χ4n) is 3.10. The van der Waals surface area contributed by atoms with Crippen LogP contribution in [-0.2, 0) is 13.2 Å². The van der Waals surface area contributed by atoms with Crippen LogP contribution in [0.25, 0.3) is 0 Å². The number of aryl methyl sites for hydroxylation is 2. The van der Waals surface area contributed by atoms with Crippen LogP contribution in [0, 0.1) is 25.6 Å². The Morgan fingerprint density at radius 3 is 2.63 bits per heavy atom. The van der Waals surface area contributed by atoms with Crippen molar-refractivity contribution >= 4 is 17.2 Å². The zero-order valence-corrected chi connectivity index (χ0v) is 18.6. The Hall–Kier alpha value is -2.73. The van der Waals surface area contributed by atoms with Gasteiger partial charge in [0.1, 0.15) is 23.2 Å². The van der Waals surface area contributed by atoms with E-state index in [-0.39, 0.29) is 17.4 Å². The van der Waals surface area contributed by atoms with E-state index < -0.39 is 5.82 Å². The molecular formula is C24H27FN2O2S. The Bertz CT molecular complexity index is 1020. The minimum Gasteiger partial charge on any atom is -0.486 e. The lowest BCUT2D eigenvalue weighted by atomic mass is 10.1. The number of nitrogens with zero attached hydrogens (tertiary/aromatic N) is 2. The molecule has 0 fully saturated rings. The topological polar surface area (TPSA) is 42.4 Å². The Kier molecular flexibility index (Phi) is 7.21. The van der Waals surface area contributed by atoms with E-state index in [2.05, 4.69) is 18.8 Å². The zero-order chi connectivity index (χ0) is 21.7. The van der Waals surface area contributed by atoms with E-state index in [1.807, 2.05) is 37.4 Å².